The van der Waals surface area contributed by atoms with E-state index >= 15 is 0 Å². The fraction of sp³-hybridized carbons (Fsp3) is 0.0455. The molecule has 2 heterocycles. The average Bonchev–Trinajstić information content (AvgIpc) is 3.11. The molecule has 5 nitrogen and oxygen atoms in total. The third-order valence-corrected chi connectivity index (χ3v) is 5.12. The highest BCUT2D eigenvalue weighted by Crippen LogP contribution is 2.32. The Kier molecular flexibility index (Phi) is 3.95. The normalized spacial score (nSPS) is 13.0. The summed E-state index contributed by atoms with van der Waals surface area (Å²) in [6.45, 7) is 0.364. The third kappa shape index (κ3) is 2.68. The Morgan fingerprint density at radius 1 is 0.857 bits per heavy atom. The van der Waals surface area contributed by atoms with Crippen LogP contribution in [0.4, 0.5) is 5.69 Å². The standard InChI is InChI=1S/C22H15ClN4O/c23-16-12-10-15(11-13-16)21-20-14-26(17-6-2-1-3-7-17)22(28)18-8-4-5-9-19(18)27(20)25-24-21/h1-13H,14H2. The molecule has 0 atom stereocenters. The number of rotatable bonds is 2. The molecule has 0 unspecified atom stereocenters. The first-order valence-corrected chi connectivity index (χ1v) is 9.27. The van der Waals surface area contributed by atoms with Crippen LogP contribution in [0.25, 0.3) is 16.9 Å². The van der Waals surface area contributed by atoms with Crippen molar-refractivity contribution in [2.75, 3.05) is 4.90 Å². The zero-order chi connectivity index (χ0) is 19.1. The molecule has 1 aromatic heterocycles. The van der Waals surface area contributed by atoms with E-state index < -0.39 is 0 Å². The molecule has 0 bridgehead atoms. The van der Waals surface area contributed by atoms with Gasteiger partial charge in [0, 0.05) is 16.3 Å². The van der Waals surface area contributed by atoms with Crippen LogP contribution in [-0.2, 0) is 6.54 Å². The summed E-state index contributed by atoms with van der Waals surface area (Å²) in [5, 5.41) is 9.46. The van der Waals surface area contributed by atoms with Gasteiger partial charge in [0.2, 0.25) is 0 Å². The maximum Gasteiger partial charge on any atom is 0.260 e. The van der Waals surface area contributed by atoms with Crippen LogP contribution in [0.15, 0.2) is 78.9 Å². The molecule has 6 heteroatoms. The Bertz CT molecular complexity index is 1170. The number of nitrogens with zero attached hydrogens (tertiary/aromatic N) is 4. The van der Waals surface area contributed by atoms with Crippen molar-refractivity contribution in [3.8, 4) is 16.9 Å². The number of carbonyl (C=O) groups excluding carboxylic acids is 1. The van der Waals surface area contributed by atoms with Gasteiger partial charge in [-0.25, -0.2) is 4.68 Å². The van der Waals surface area contributed by atoms with E-state index in [2.05, 4.69) is 10.3 Å². The van der Waals surface area contributed by atoms with Crippen LogP contribution < -0.4 is 4.90 Å². The van der Waals surface area contributed by atoms with Gasteiger partial charge in [-0.2, -0.15) is 0 Å². The SMILES string of the molecule is O=C1c2ccccc2-n2nnc(-c3ccc(Cl)cc3)c2CN1c1ccccc1. The quantitative estimate of drug-likeness (QED) is 0.499. The summed E-state index contributed by atoms with van der Waals surface area (Å²) >= 11 is 6.04. The number of aromatic nitrogens is 3. The molecular formula is C22H15ClN4O. The summed E-state index contributed by atoms with van der Waals surface area (Å²) in [6, 6.07) is 24.6. The monoisotopic (exact) mass is 386 g/mol. The van der Waals surface area contributed by atoms with Crippen LogP contribution in [0.5, 0.6) is 0 Å². The fourth-order valence-corrected chi connectivity index (χ4v) is 3.62. The second-order valence-corrected chi connectivity index (χ2v) is 6.98. The largest absolute Gasteiger partial charge is 0.302 e. The molecule has 136 valence electrons. The molecule has 4 aromatic rings. The van der Waals surface area contributed by atoms with Gasteiger partial charge < -0.3 is 4.90 Å². The van der Waals surface area contributed by atoms with Crippen molar-refractivity contribution >= 4 is 23.2 Å². The van der Waals surface area contributed by atoms with E-state index in [1.807, 2.05) is 78.9 Å². The van der Waals surface area contributed by atoms with Crippen molar-refractivity contribution < 1.29 is 4.79 Å². The van der Waals surface area contributed by atoms with Crippen molar-refractivity contribution in [3.63, 3.8) is 0 Å². The van der Waals surface area contributed by atoms with Crippen molar-refractivity contribution in [1.29, 1.82) is 0 Å². The van der Waals surface area contributed by atoms with Crippen LogP contribution in [-0.4, -0.2) is 20.9 Å². The van der Waals surface area contributed by atoms with Crippen LogP contribution in [0.1, 0.15) is 16.1 Å². The van der Waals surface area contributed by atoms with Gasteiger partial charge in [-0.3, -0.25) is 4.79 Å². The molecule has 0 saturated heterocycles. The number of fused-ring (bicyclic) bond motifs is 3. The van der Waals surface area contributed by atoms with Crippen molar-refractivity contribution in [2.45, 2.75) is 6.54 Å². The lowest BCUT2D eigenvalue weighted by atomic mass is 10.1. The number of benzene rings is 3. The molecule has 0 saturated carbocycles. The molecular weight excluding hydrogens is 372 g/mol. The summed E-state index contributed by atoms with van der Waals surface area (Å²) in [4.78, 5) is 15.1. The Balaban J connectivity index is 1.73. The second kappa shape index (κ2) is 6.62. The maximum atomic E-state index is 13.3. The number of hydrogen-bond donors (Lipinski definition) is 0. The molecule has 1 aliphatic heterocycles. The van der Waals surface area contributed by atoms with Gasteiger partial charge in [0.15, 0.2) is 0 Å². The summed E-state index contributed by atoms with van der Waals surface area (Å²) in [6.07, 6.45) is 0. The highest BCUT2D eigenvalue weighted by Gasteiger charge is 2.30. The lowest BCUT2D eigenvalue weighted by molar-refractivity contribution is 0.0986. The van der Waals surface area contributed by atoms with E-state index in [1.165, 1.54) is 0 Å². The zero-order valence-electron chi connectivity index (χ0n) is 14.8. The molecule has 5 rings (SSSR count). The highest BCUT2D eigenvalue weighted by atomic mass is 35.5. The van der Waals surface area contributed by atoms with Gasteiger partial charge in [-0.15, -0.1) is 5.10 Å². The average molecular weight is 387 g/mol. The Morgan fingerprint density at radius 3 is 2.36 bits per heavy atom. The van der Waals surface area contributed by atoms with Crippen LogP contribution in [0.3, 0.4) is 0 Å². The number of para-hydroxylation sites is 2. The van der Waals surface area contributed by atoms with E-state index in [0.29, 0.717) is 17.1 Å². The number of hydrogen-bond acceptors (Lipinski definition) is 3. The van der Waals surface area contributed by atoms with Crippen molar-refractivity contribution in [3.05, 3.63) is 95.1 Å². The second-order valence-electron chi connectivity index (χ2n) is 6.55. The van der Waals surface area contributed by atoms with Gasteiger partial charge >= 0.3 is 0 Å². The minimum atomic E-state index is -0.0608. The topological polar surface area (TPSA) is 51.0 Å². The summed E-state index contributed by atoms with van der Waals surface area (Å²) in [7, 11) is 0. The highest BCUT2D eigenvalue weighted by molar-refractivity contribution is 6.30. The first-order chi connectivity index (χ1) is 13.7. The Labute approximate surface area is 166 Å². The van der Waals surface area contributed by atoms with Crippen LogP contribution >= 0.6 is 11.6 Å². The summed E-state index contributed by atoms with van der Waals surface area (Å²) in [5.41, 5.74) is 4.65. The number of anilines is 1. The molecule has 28 heavy (non-hydrogen) atoms. The van der Waals surface area contributed by atoms with Gasteiger partial charge in [-0.05, 0) is 36.4 Å². The fourth-order valence-electron chi connectivity index (χ4n) is 3.49. The number of carbonyl (C=O) groups is 1. The minimum Gasteiger partial charge on any atom is -0.302 e. The predicted octanol–water partition coefficient (Wildman–Crippen LogP) is 4.75. The smallest absolute Gasteiger partial charge is 0.260 e. The third-order valence-electron chi connectivity index (χ3n) is 4.86. The van der Waals surface area contributed by atoms with E-state index in [9.17, 15) is 4.79 Å². The van der Waals surface area contributed by atoms with E-state index in [1.54, 1.807) is 9.58 Å². The van der Waals surface area contributed by atoms with E-state index in [4.69, 9.17) is 11.6 Å². The molecule has 1 amide bonds. The van der Waals surface area contributed by atoms with Crippen molar-refractivity contribution in [1.82, 2.24) is 15.0 Å². The van der Waals surface area contributed by atoms with Crippen molar-refractivity contribution in [2.24, 2.45) is 0 Å². The first-order valence-electron chi connectivity index (χ1n) is 8.89. The Hall–Kier alpha value is -3.44. The molecule has 0 spiro atoms. The first kappa shape index (κ1) is 16.7. The summed E-state index contributed by atoms with van der Waals surface area (Å²) in [5.74, 6) is -0.0608. The minimum absolute atomic E-state index is 0.0608. The van der Waals surface area contributed by atoms with Gasteiger partial charge in [0.1, 0.15) is 5.69 Å². The van der Waals surface area contributed by atoms with E-state index in [0.717, 1.165) is 28.3 Å². The predicted molar refractivity (Wildman–Crippen MR) is 109 cm³/mol. The number of amides is 1. The summed E-state index contributed by atoms with van der Waals surface area (Å²) < 4.78 is 1.76. The van der Waals surface area contributed by atoms with Crippen LogP contribution in [0.2, 0.25) is 5.02 Å². The lowest BCUT2D eigenvalue weighted by Crippen LogP contribution is -2.29. The van der Waals surface area contributed by atoms with Gasteiger partial charge in [0.05, 0.1) is 23.5 Å². The molecule has 0 aliphatic carbocycles. The molecule has 0 fully saturated rings. The maximum absolute atomic E-state index is 13.3. The van der Waals surface area contributed by atoms with Crippen LogP contribution in [0, 0.1) is 0 Å². The Morgan fingerprint density at radius 2 is 1.57 bits per heavy atom. The molecule has 0 radical (unpaired) electrons. The molecule has 3 aromatic carbocycles. The van der Waals surface area contributed by atoms with Gasteiger partial charge in [0.25, 0.3) is 5.91 Å². The zero-order valence-corrected chi connectivity index (χ0v) is 15.5. The molecule has 0 N–H and O–H groups in total. The number of halogens is 1. The van der Waals surface area contributed by atoms with Gasteiger partial charge in [-0.1, -0.05) is 59.3 Å². The van der Waals surface area contributed by atoms with E-state index in [-0.39, 0.29) is 5.91 Å². The lowest BCUT2D eigenvalue weighted by Gasteiger charge is -2.21. The molecule has 1 aliphatic rings.